The second-order valence-corrected chi connectivity index (χ2v) is 6.48. The predicted octanol–water partition coefficient (Wildman–Crippen LogP) is 1.23. The average molecular weight is 371 g/mol. The van der Waals surface area contributed by atoms with E-state index in [-0.39, 0.29) is 5.96 Å². The van der Waals surface area contributed by atoms with E-state index < -0.39 is 5.91 Å². The maximum absolute atomic E-state index is 12.3. The Balaban J connectivity index is 1.44. The Morgan fingerprint density at radius 3 is 2.92 bits per heavy atom. The van der Waals surface area contributed by atoms with Crippen LogP contribution in [0.15, 0.2) is 34.6 Å². The molecule has 1 aromatic carbocycles. The van der Waals surface area contributed by atoms with Gasteiger partial charge in [0.1, 0.15) is 5.69 Å². The number of aromatic amines is 1. The van der Waals surface area contributed by atoms with E-state index in [1.54, 1.807) is 5.38 Å². The highest BCUT2D eigenvalue weighted by Crippen LogP contribution is 2.21. The number of morpholine rings is 1. The molecule has 10 heteroatoms. The lowest BCUT2D eigenvalue weighted by atomic mass is 10.3. The number of hydrogen-bond acceptors (Lipinski definition) is 7. The lowest BCUT2D eigenvalue weighted by Crippen LogP contribution is -2.37. The van der Waals surface area contributed by atoms with Gasteiger partial charge in [0.25, 0.3) is 5.91 Å². The Kier molecular flexibility index (Phi) is 4.50. The van der Waals surface area contributed by atoms with Crippen molar-refractivity contribution < 1.29 is 9.53 Å². The zero-order chi connectivity index (χ0) is 17.9. The fourth-order valence-corrected chi connectivity index (χ4v) is 3.44. The van der Waals surface area contributed by atoms with Gasteiger partial charge in [-0.3, -0.25) is 10.1 Å². The van der Waals surface area contributed by atoms with Crippen molar-refractivity contribution in [1.82, 2.24) is 20.3 Å². The summed E-state index contributed by atoms with van der Waals surface area (Å²) in [6, 6.07) is 7.53. The number of benzene rings is 1. The summed E-state index contributed by atoms with van der Waals surface area (Å²) in [5.74, 6) is -0.121. The Morgan fingerprint density at radius 2 is 2.12 bits per heavy atom. The number of nitrogens with two attached hydrogens (primary N) is 1. The molecule has 1 aliphatic heterocycles. The number of fused-ring (bicyclic) bond motifs is 1. The molecular weight excluding hydrogens is 354 g/mol. The van der Waals surface area contributed by atoms with Crippen LogP contribution < -0.4 is 16.0 Å². The lowest BCUT2D eigenvalue weighted by Gasteiger charge is -2.25. The largest absolute Gasteiger partial charge is 0.378 e. The Bertz CT molecular complexity index is 925. The number of anilines is 1. The Hall–Kier alpha value is -2.98. The van der Waals surface area contributed by atoms with E-state index in [1.807, 2.05) is 24.3 Å². The average Bonchev–Trinajstić information content (AvgIpc) is 3.29. The molecule has 26 heavy (non-hydrogen) atoms. The minimum Gasteiger partial charge on any atom is -0.378 e. The van der Waals surface area contributed by atoms with E-state index in [4.69, 9.17) is 10.5 Å². The lowest BCUT2D eigenvalue weighted by molar-refractivity contribution is 0.0972. The van der Waals surface area contributed by atoms with Crippen LogP contribution in [0.4, 0.5) is 11.1 Å². The molecule has 0 atom stereocenters. The number of nitrogens with zero attached hydrogens (tertiary/aromatic N) is 4. The van der Waals surface area contributed by atoms with Crippen LogP contribution in [0.3, 0.4) is 0 Å². The van der Waals surface area contributed by atoms with E-state index in [0.717, 1.165) is 29.3 Å². The highest BCUT2D eigenvalue weighted by atomic mass is 32.1. The van der Waals surface area contributed by atoms with Gasteiger partial charge in [-0.1, -0.05) is 12.1 Å². The van der Waals surface area contributed by atoms with E-state index in [0.29, 0.717) is 24.9 Å². The summed E-state index contributed by atoms with van der Waals surface area (Å²) in [5.41, 5.74) is 7.75. The fourth-order valence-electron chi connectivity index (χ4n) is 2.58. The van der Waals surface area contributed by atoms with Gasteiger partial charge in [-0.2, -0.15) is 4.99 Å². The number of ether oxygens (including phenoxy) is 1. The molecule has 0 aliphatic carbocycles. The first-order valence-corrected chi connectivity index (χ1v) is 8.95. The van der Waals surface area contributed by atoms with Crippen molar-refractivity contribution in [2.24, 2.45) is 10.7 Å². The van der Waals surface area contributed by atoms with Gasteiger partial charge >= 0.3 is 0 Å². The predicted molar refractivity (Wildman–Crippen MR) is 100.0 cm³/mol. The number of nitrogens with one attached hydrogen (secondary N) is 2. The SMILES string of the molecule is NC(=Nc1nc2ccccc2[nH]1)NC(=O)c1csc(N2CCOCC2)n1. The smallest absolute Gasteiger partial charge is 0.277 e. The number of imidazole rings is 1. The van der Waals surface area contributed by atoms with Crippen molar-refractivity contribution >= 4 is 45.3 Å². The van der Waals surface area contributed by atoms with Gasteiger partial charge in [-0.15, -0.1) is 11.3 Å². The van der Waals surface area contributed by atoms with Crippen molar-refractivity contribution in [3.05, 3.63) is 35.3 Å². The number of guanidine groups is 1. The van der Waals surface area contributed by atoms with Crippen molar-refractivity contribution in [1.29, 1.82) is 0 Å². The number of thiazole rings is 1. The number of para-hydroxylation sites is 2. The van der Waals surface area contributed by atoms with Crippen molar-refractivity contribution in [2.45, 2.75) is 0 Å². The Labute approximate surface area is 152 Å². The summed E-state index contributed by atoms with van der Waals surface area (Å²) in [5, 5.41) is 5.04. The molecule has 0 bridgehead atoms. The molecule has 3 heterocycles. The van der Waals surface area contributed by atoms with E-state index in [1.165, 1.54) is 11.3 Å². The van der Waals surface area contributed by atoms with Crippen LogP contribution in [0.1, 0.15) is 10.5 Å². The molecule has 134 valence electrons. The molecule has 1 amide bonds. The first-order valence-electron chi connectivity index (χ1n) is 8.07. The first kappa shape index (κ1) is 16.5. The number of amides is 1. The van der Waals surface area contributed by atoms with E-state index >= 15 is 0 Å². The third-order valence-electron chi connectivity index (χ3n) is 3.85. The number of H-pyrrole nitrogens is 1. The van der Waals surface area contributed by atoms with Crippen LogP contribution in [0, 0.1) is 0 Å². The van der Waals surface area contributed by atoms with Crippen LogP contribution in [-0.2, 0) is 4.74 Å². The molecule has 0 radical (unpaired) electrons. The van der Waals surface area contributed by atoms with Gasteiger partial charge < -0.3 is 20.4 Å². The van der Waals surface area contributed by atoms with Crippen LogP contribution in [-0.4, -0.2) is 53.1 Å². The second kappa shape index (κ2) is 7.10. The van der Waals surface area contributed by atoms with Gasteiger partial charge in [0, 0.05) is 18.5 Å². The number of hydrogen-bond donors (Lipinski definition) is 3. The number of carbonyl (C=O) groups excluding carboxylic acids is 1. The van der Waals surface area contributed by atoms with Gasteiger partial charge in [0.15, 0.2) is 5.13 Å². The van der Waals surface area contributed by atoms with Crippen LogP contribution in [0.25, 0.3) is 11.0 Å². The highest BCUT2D eigenvalue weighted by molar-refractivity contribution is 7.13. The zero-order valence-electron chi connectivity index (χ0n) is 13.8. The summed E-state index contributed by atoms with van der Waals surface area (Å²) in [4.78, 5) is 30.2. The summed E-state index contributed by atoms with van der Waals surface area (Å²) < 4.78 is 5.32. The topological polar surface area (TPSA) is 122 Å². The molecule has 3 aromatic rings. The zero-order valence-corrected chi connectivity index (χ0v) is 14.6. The maximum atomic E-state index is 12.3. The quantitative estimate of drug-likeness (QED) is 0.470. The van der Waals surface area contributed by atoms with Gasteiger partial charge in [-0.05, 0) is 12.1 Å². The van der Waals surface area contributed by atoms with Crippen LogP contribution in [0.2, 0.25) is 0 Å². The van der Waals surface area contributed by atoms with Crippen molar-refractivity contribution in [2.75, 3.05) is 31.2 Å². The summed E-state index contributed by atoms with van der Waals surface area (Å²) in [7, 11) is 0. The minimum absolute atomic E-state index is 0.0463. The van der Waals surface area contributed by atoms with E-state index in [9.17, 15) is 4.79 Å². The van der Waals surface area contributed by atoms with Gasteiger partial charge in [-0.25, -0.2) is 9.97 Å². The van der Waals surface area contributed by atoms with E-state index in [2.05, 4.69) is 30.2 Å². The number of aliphatic imine (C=N–C) groups is 1. The molecule has 1 fully saturated rings. The first-order chi connectivity index (χ1) is 12.7. The molecule has 0 unspecified atom stereocenters. The summed E-state index contributed by atoms with van der Waals surface area (Å²) in [6.07, 6.45) is 0. The van der Waals surface area contributed by atoms with Crippen molar-refractivity contribution in [3.8, 4) is 0 Å². The number of rotatable bonds is 3. The Morgan fingerprint density at radius 1 is 1.31 bits per heavy atom. The molecular formula is C16H17N7O2S. The third-order valence-corrected chi connectivity index (χ3v) is 4.75. The molecule has 9 nitrogen and oxygen atoms in total. The normalized spacial score (nSPS) is 15.4. The van der Waals surface area contributed by atoms with Crippen LogP contribution in [0.5, 0.6) is 0 Å². The minimum atomic E-state index is -0.405. The number of carbonyl (C=O) groups is 1. The molecule has 0 saturated carbocycles. The molecule has 4 rings (SSSR count). The van der Waals surface area contributed by atoms with Gasteiger partial charge in [0.2, 0.25) is 11.9 Å². The van der Waals surface area contributed by atoms with Crippen molar-refractivity contribution in [3.63, 3.8) is 0 Å². The third kappa shape index (κ3) is 3.51. The molecule has 2 aromatic heterocycles. The molecule has 1 aliphatic rings. The number of aromatic nitrogens is 3. The summed E-state index contributed by atoms with van der Waals surface area (Å²) >= 11 is 1.42. The molecule has 1 saturated heterocycles. The van der Waals surface area contributed by atoms with Gasteiger partial charge in [0.05, 0.1) is 24.2 Å². The highest BCUT2D eigenvalue weighted by Gasteiger charge is 2.18. The molecule has 0 spiro atoms. The summed E-state index contributed by atoms with van der Waals surface area (Å²) in [6.45, 7) is 2.87. The van der Waals surface area contributed by atoms with Crippen LogP contribution >= 0.6 is 11.3 Å². The molecule has 4 N–H and O–H groups in total. The maximum Gasteiger partial charge on any atom is 0.277 e. The fraction of sp³-hybridized carbons (Fsp3) is 0.250. The monoisotopic (exact) mass is 371 g/mol. The standard InChI is InChI=1S/C16H17N7O2S/c17-14(22-15-18-10-3-1-2-4-11(10)19-15)21-13(24)12-9-26-16(20-12)23-5-7-25-8-6-23/h1-4,9H,5-8H2,(H4,17,18,19,21,22,24). The second-order valence-electron chi connectivity index (χ2n) is 5.64.